The number of thiazole rings is 1. The summed E-state index contributed by atoms with van der Waals surface area (Å²) in [4.78, 5) is 8.87. The lowest BCUT2D eigenvalue weighted by Crippen LogP contribution is -2.32. The minimum Gasteiger partial charge on any atom is -0.326 e. The normalized spacial score (nSPS) is 11.7. The Morgan fingerprint density at radius 1 is 1.29 bits per heavy atom. The molecule has 2 heterocycles. The second-order valence-electron chi connectivity index (χ2n) is 4.83. The number of rotatable bonds is 4. The molecule has 0 amide bonds. The van der Waals surface area contributed by atoms with Crippen molar-refractivity contribution in [2.24, 2.45) is 5.73 Å². The van der Waals surface area contributed by atoms with Crippen LogP contribution in [0.3, 0.4) is 0 Å². The second-order valence-corrected chi connectivity index (χ2v) is 5.77. The van der Waals surface area contributed by atoms with Crippen molar-refractivity contribution in [3.8, 4) is 11.4 Å². The minimum atomic E-state index is -0.128. The molecule has 0 saturated heterocycles. The first kappa shape index (κ1) is 12.2. The van der Waals surface area contributed by atoms with E-state index >= 15 is 0 Å². The first-order chi connectivity index (χ1) is 8.04. The van der Waals surface area contributed by atoms with Crippen LogP contribution in [0.1, 0.15) is 25.3 Å². The molecule has 0 aliphatic rings. The molecule has 0 spiro atoms. The highest BCUT2D eigenvalue weighted by molar-refractivity contribution is 7.09. The Labute approximate surface area is 106 Å². The summed E-state index contributed by atoms with van der Waals surface area (Å²) in [6, 6.07) is 5.86. The molecule has 4 heteroatoms. The summed E-state index contributed by atoms with van der Waals surface area (Å²) in [5.41, 5.74) is 7.73. The number of aryl methyl sites for hydroxylation is 1. The molecule has 2 rings (SSSR count). The summed E-state index contributed by atoms with van der Waals surface area (Å²) in [5, 5.41) is 3.19. The Morgan fingerprint density at radius 3 is 2.76 bits per heavy atom. The van der Waals surface area contributed by atoms with Gasteiger partial charge in [0.2, 0.25) is 0 Å². The molecule has 2 aromatic heterocycles. The van der Waals surface area contributed by atoms with Crippen LogP contribution in [0.4, 0.5) is 0 Å². The fourth-order valence-electron chi connectivity index (χ4n) is 1.49. The molecule has 0 aliphatic carbocycles. The van der Waals surface area contributed by atoms with Gasteiger partial charge >= 0.3 is 0 Å². The van der Waals surface area contributed by atoms with Crippen LogP contribution < -0.4 is 5.73 Å². The third-order valence-electron chi connectivity index (χ3n) is 2.46. The predicted octanol–water partition coefficient (Wildman–Crippen LogP) is 2.88. The third-order valence-corrected chi connectivity index (χ3v) is 3.37. The van der Waals surface area contributed by atoms with Gasteiger partial charge in [-0.2, -0.15) is 0 Å². The van der Waals surface area contributed by atoms with E-state index in [-0.39, 0.29) is 5.54 Å². The zero-order chi connectivity index (χ0) is 12.3. The highest BCUT2D eigenvalue weighted by Crippen LogP contribution is 2.21. The average molecular weight is 247 g/mol. The van der Waals surface area contributed by atoms with E-state index in [0.29, 0.717) is 0 Å². The minimum absolute atomic E-state index is 0.128. The summed E-state index contributed by atoms with van der Waals surface area (Å²) in [6.07, 6.45) is 3.67. The molecule has 0 bridgehead atoms. The summed E-state index contributed by atoms with van der Waals surface area (Å²) in [7, 11) is 0. The van der Waals surface area contributed by atoms with Crippen LogP contribution in [0.15, 0.2) is 29.8 Å². The highest BCUT2D eigenvalue weighted by Gasteiger charge is 2.12. The molecule has 17 heavy (non-hydrogen) atoms. The first-order valence-corrected chi connectivity index (χ1v) is 6.57. The Balaban J connectivity index is 2.07. The molecule has 0 saturated carbocycles. The van der Waals surface area contributed by atoms with Crippen molar-refractivity contribution in [1.29, 1.82) is 0 Å². The van der Waals surface area contributed by atoms with Crippen molar-refractivity contribution in [3.63, 3.8) is 0 Å². The first-order valence-electron chi connectivity index (χ1n) is 5.69. The van der Waals surface area contributed by atoms with Crippen LogP contribution in [-0.4, -0.2) is 15.5 Å². The van der Waals surface area contributed by atoms with Crippen molar-refractivity contribution < 1.29 is 0 Å². The van der Waals surface area contributed by atoms with Crippen molar-refractivity contribution >= 4 is 11.3 Å². The third kappa shape index (κ3) is 3.61. The molecule has 2 N–H and O–H groups in total. The molecule has 0 atom stereocenters. The van der Waals surface area contributed by atoms with Gasteiger partial charge in [0.25, 0.3) is 0 Å². The van der Waals surface area contributed by atoms with Crippen LogP contribution in [0.5, 0.6) is 0 Å². The number of aromatic nitrogens is 2. The van der Waals surface area contributed by atoms with Crippen molar-refractivity contribution in [2.45, 2.75) is 32.2 Å². The maximum Gasteiger partial charge on any atom is 0.0998 e. The smallest absolute Gasteiger partial charge is 0.0998 e. The van der Waals surface area contributed by atoms with Gasteiger partial charge in [-0.25, -0.2) is 4.98 Å². The number of hydrogen-bond acceptors (Lipinski definition) is 4. The largest absolute Gasteiger partial charge is 0.326 e. The molecule has 0 fully saturated rings. The maximum atomic E-state index is 5.97. The van der Waals surface area contributed by atoms with Crippen LogP contribution in [0.25, 0.3) is 11.4 Å². The van der Waals surface area contributed by atoms with Crippen LogP contribution in [0, 0.1) is 0 Å². The van der Waals surface area contributed by atoms with Gasteiger partial charge in [0.15, 0.2) is 0 Å². The Bertz CT molecular complexity index is 471. The van der Waals surface area contributed by atoms with E-state index in [0.717, 1.165) is 29.2 Å². The van der Waals surface area contributed by atoms with Gasteiger partial charge < -0.3 is 5.73 Å². The fourth-order valence-corrected chi connectivity index (χ4v) is 2.28. The van der Waals surface area contributed by atoms with E-state index in [2.05, 4.69) is 15.3 Å². The van der Waals surface area contributed by atoms with Gasteiger partial charge in [-0.1, -0.05) is 6.07 Å². The number of nitrogens with zero attached hydrogens (tertiary/aromatic N) is 2. The lowest BCUT2D eigenvalue weighted by molar-refractivity contribution is 0.476. The fraction of sp³-hybridized carbons (Fsp3) is 0.385. The van der Waals surface area contributed by atoms with E-state index in [9.17, 15) is 0 Å². The molecular weight excluding hydrogens is 230 g/mol. The Morgan fingerprint density at radius 2 is 2.12 bits per heavy atom. The molecule has 0 aliphatic heterocycles. The molecule has 3 nitrogen and oxygen atoms in total. The quantitative estimate of drug-likeness (QED) is 0.903. The van der Waals surface area contributed by atoms with E-state index in [1.807, 2.05) is 32.0 Å². The lowest BCUT2D eigenvalue weighted by Gasteiger charge is -2.16. The zero-order valence-electron chi connectivity index (χ0n) is 10.2. The monoisotopic (exact) mass is 247 g/mol. The van der Waals surface area contributed by atoms with Crippen LogP contribution in [0.2, 0.25) is 0 Å². The van der Waals surface area contributed by atoms with Crippen molar-refractivity contribution in [2.75, 3.05) is 0 Å². The van der Waals surface area contributed by atoms with E-state index in [4.69, 9.17) is 5.73 Å². The lowest BCUT2D eigenvalue weighted by atomic mass is 10.0. The standard InChI is InChI=1S/C13H17N3S/c1-13(2,14)7-6-12-16-11(9-17-12)10-5-3-4-8-15-10/h3-5,8-9H,6-7,14H2,1-2H3. The van der Waals surface area contributed by atoms with Crippen LogP contribution in [-0.2, 0) is 6.42 Å². The van der Waals surface area contributed by atoms with E-state index < -0.39 is 0 Å². The highest BCUT2D eigenvalue weighted by atomic mass is 32.1. The van der Waals surface area contributed by atoms with Gasteiger partial charge in [0.1, 0.15) is 0 Å². The summed E-state index contributed by atoms with van der Waals surface area (Å²) < 4.78 is 0. The SMILES string of the molecule is CC(C)(N)CCc1nc(-c2ccccn2)cs1. The molecule has 90 valence electrons. The predicted molar refractivity (Wildman–Crippen MR) is 71.9 cm³/mol. The molecule has 0 aromatic carbocycles. The van der Waals surface area contributed by atoms with E-state index in [1.165, 1.54) is 0 Å². The van der Waals surface area contributed by atoms with Gasteiger partial charge in [-0.15, -0.1) is 11.3 Å². The molecule has 0 unspecified atom stereocenters. The van der Waals surface area contributed by atoms with Gasteiger partial charge in [-0.3, -0.25) is 4.98 Å². The zero-order valence-corrected chi connectivity index (χ0v) is 11.0. The van der Waals surface area contributed by atoms with Gasteiger partial charge in [0.05, 0.1) is 16.4 Å². The topological polar surface area (TPSA) is 51.8 Å². The summed E-state index contributed by atoms with van der Waals surface area (Å²) in [5.74, 6) is 0. The number of hydrogen-bond donors (Lipinski definition) is 1. The van der Waals surface area contributed by atoms with E-state index in [1.54, 1.807) is 17.5 Å². The molecular formula is C13H17N3S. The Hall–Kier alpha value is -1.26. The molecule has 0 radical (unpaired) electrons. The van der Waals surface area contributed by atoms with Crippen LogP contribution >= 0.6 is 11.3 Å². The van der Waals surface area contributed by atoms with Crippen molar-refractivity contribution in [3.05, 3.63) is 34.8 Å². The Kier molecular flexibility index (Phi) is 3.54. The van der Waals surface area contributed by atoms with Gasteiger partial charge in [-0.05, 0) is 32.4 Å². The number of nitrogens with two attached hydrogens (primary N) is 1. The second kappa shape index (κ2) is 4.94. The number of pyridine rings is 1. The maximum absolute atomic E-state index is 5.97. The van der Waals surface area contributed by atoms with Crippen molar-refractivity contribution in [1.82, 2.24) is 9.97 Å². The molecule has 2 aromatic rings. The summed E-state index contributed by atoms with van der Waals surface area (Å²) in [6.45, 7) is 4.08. The van der Waals surface area contributed by atoms with Gasteiger partial charge in [0, 0.05) is 23.5 Å². The summed E-state index contributed by atoms with van der Waals surface area (Å²) >= 11 is 1.68. The average Bonchev–Trinajstić information content (AvgIpc) is 2.75.